The van der Waals surface area contributed by atoms with Crippen LogP contribution < -0.4 is 10.6 Å². The van der Waals surface area contributed by atoms with Crippen molar-refractivity contribution in [2.75, 3.05) is 10.6 Å². The first kappa shape index (κ1) is 30.3. The highest BCUT2D eigenvalue weighted by Gasteiger charge is 2.04. The van der Waals surface area contributed by atoms with Crippen LogP contribution in [-0.4, -0.2) is 21.8 Å². The molecule has 0 saturated heterocycles. The summed E-state index contributed by atoms with van der Waals surface area (Å²) in [4.78, 5) is 31.5. The lowest BCUT2D eigenvalue weighted by Gasteiger charge is -2.05. The molecule has 0 aliphatic rings. The van der Waals surface area contributed by atoms with Crippen LogP contribution in [0.1, 0.15) is 103 Å². The summed E-state index contributed by atoms with van der Waals surface area (Å²) >= 11 is 0. The van der Waals surface area contributed by atoms with Crippen molar-refractivity contribution in [1.82, 2.24) is 9.97 Å². The summed E-state index contributed by atoms with van der Waals surface area (Å²) in [5.74, 6) is 2.19. The molecular formula is C29H46N4O2. The van der Waals surface area contributed by atoms with Crippen molar-refractivity contribution < 1.29 is 9.59 Å². The quantitative estimate of drug-likeness (QED) is 0.271. The van der Waals surface area contributed by atoms with Gasteiger partial charge in [0.15, 0.2) is 0 Å². The van der Waals surface area contributed by atoms with E-state index >= 15 is 0 Å². The fraction of sp³-hybridized carbons (Fsp3) is 0.586. The third kappa shape index (κ3) is 16.5. The Hall–Kier alpha value is -2.76. The van der Waals surface area contributed by atoms with E-state index in [0.29, 0.717) is 24.5 Å². The lowest BCUT2D eigenvalue weighted by molar-refractivity contribution is -0.117. The molecule has 0 aromatic carbocycles. The molecule has 6 nitrogen and oxygen atoms in total. The summed E-state index contributed by atoms with van der Waals surface area (Å²) in [6.07, 6.45) is 15.1. The Morgan fingerprint density at radius 3 is 1.57 bits per heavy atom. The smallest absolute Gasteiger partial charge is 0.225 e. The Balaban J connectivity index is 0.000000351. The third-order valence-corrected chi connectivity index (χ3v) is 5.55. The second kappa shape index (κ2) is 18.6. The molecule has 2 amide bonds. The van der Waals surface area contributed by atoms with Crippen LogP contribution in [0.3, 0.4) is 0 Å². The molecular weight excluding hydrogens is 436 g/mol. The van der Waals surface area contributed by atoms with E-state index in [2.05, 4.69) is 41.4 Å². The number of unbranched alkanes of at least 4 members (excludes halogenated alkanes) is 6. The number of rotatable bonds is 14. The van der Waals surface area contributed by atoms with E-state index in [1.165, 1.54) is 32.1 Å². The van der Waals surface area contributed by atoms with Gasteiger partial charge in [-0.25, -0.2) is 9.97 Å². The fourth-order valence-electron chi connectivity index (χ4n) is 3.40. The number of aromatic nitrogens is 2. The van der Waals surface area contributed by atoms with Crippen LogP contribution in [0.4, 0.5) is 11.6 Å². The van der Waals surface area contributed by atoms with Crippen LogP contribution in [0, 0.1) is 19.8 Å². The molecule has 0 atom stereocenters. The van der Waals surface area contributed by atoms with Crippen molar-refractivity contribution in [3.8, 4) is 0 Å². The van der Waals surface area contributed by atoms with Crippen molar-refractivity contribution in [2.45, 2.75) is 105 Å². The van der Waals surface area contributed by atoms with Gasteiger partial charge in [-0.05, 0) is 55.9 Å². The van der Waals surface area contributed by atoms with Gasteiger partial charge in [0.25, 0.3) is 0 Å². The van der Waals surface area contributed by atoms with Crippen molar-refractivity contribution >= 4 is 23.5 Å². The van der Waals surface area contributed by atoms with E-state index in [0.717, 1.165) is 42.7 Å². The van der Waals surface area contributed by atoms with Gasteiger partial charge in [-0.1, -0.05) is 77.8 Å². The van der Waals surface area contributed by atoms with E-state index in [4.69, 9.17) is 0 Å². The zero-order chi connectivity index (χ0) is 25.9. The maximum Gasteiger partial charge on any atom is 0.225 e. The number of hydrogen-bond acceptors (Lipinski definition) is 4. The van der Waals surface area contributed by atoms with Crippen LogP contribution in [0.2, 0.25) is 0 Å². The normalized spacial score (nSPS) is 10.5. The number of nitrogens with one attached hydrogen (secondary N) is 2. The Labute approximate surface area is 212 Å². The molecule has 0 fully saturated rings. The minimum absolute atomic E-state index is 0.0656. The molecule has 0 aliphatic carbocycles. The third-order valence-electron chi connectivity index (χ3n) is 5.55. The van der Waals surface area contributed by atoms with E-state index in [1.54, 1.807) is 12.4 Å². The Kier molecular flexibility index (Phi) is 16.0. The van der Waals surface area contributed by atoms with Gasteiger partial charge >= 0.3 is 0 Å². The molecule has 0 spiro atoms. The minimum Gasteiger partial charge on any atom is -0.311 e. The summed E-state index contributed by atoms with van der Waals surface area (Å²) in [5, 5.41) is 5.63. The van der Waals surface area contributed by atoms with Crippen LogP contribution in [0.25, 0.3) is 0 Å². The molecule has 0 unspecified atom stereocenters. The van der Waals surface area contributed by atoms with Gasteiger partial charge in [0.05, 0.1) is 0 Å². The standard InChI is InChI=1S/C15H24N2O.C14H22N2O/c1-12(2)7-5-4-6-8-15(18)17-14-10-9-13(3)11-16-14;1-3-4-5-6-7-8-14(17)16-13-10-9-12(2)11-15-13/h9-12H,4-8H2,1-3H3,(H,16,17,18);9-11H,3-8H2,1-2H3,(H,15,16,17). The number of carbonyl (C=O) groups is 2. The second-order valence-electron chi connectivity index (χ2n) is 9.70. The number of carbonyl (C=O) groups excluding carboxylic acids is 2. The first-order chi connectivity index (χ1) is 16.8. The van der Waals surface area contributed by atoms with E-state index in [9.17, 15) is 9.59 Å². The van der Waals surface area contributed by atoms with E-state index in [-0.39, 0.29) is 11.8 Å². The summed E-state index contributed by atoms with van der Waals surface area (Å²) in [6.45, 7) is 10.6. The highest BCUT2D eigenvalue weighted by molar-refractivity contribution is 5.90. The van der Waals surface area contributed by atoms with Gasteiger partial charge in [-0.3, -0.25) is 9.59 Å². The van der Waals surface area contributed by atoms with Gasteiger partial charge in [0.2, 0.25) is 11.8 Å². The topological polar surface area (TPSA) is 84.0 Å². The summed E-state index contributed by atoms with van der Waals surface area (Å²) in [7, 11) is 0. The van der Waals surface area contributed by atoms with Crippen molar-refractivity contribution in [1.29, 1.82) is 0 Å². The highest BCUT2D eigenvalue weighted by Crippen LogP contribution is 2.11. The molecule has 2 rings (SSSR count). The molecule has 0 bridgehead atoms. The number of amides is 2. The SMILES string of the molecule is CCCCCCCC(=O)Nc1ccc(C)cn1.Cc1ccc(NC(=O)CCCCCC(C)C)nc1. The van der Waals surface area contributed by atoms with Gasteiger partial charge in [-0.2, -0.15) is 0 Å². The molecule has 2 N–H and O–H groups in total. The first-order valence-electron chi connectivity index (χ1n) is 13.2. The average molecular weight is 483 g/mol. The highest BCUT2D eigenvalue weighted by atomic mass is 16.2. The van der Waals surface area contributed by atoms with Crippen LogP contribution in [0.15, 0.2) is 36.7 Å². The monoisotopic (exact) mass is 482 g/mol. The lowest BCUT2D eigenvalue weighted by atomic mass is 10.0. The van der Waals surface area contributed by atoms with Crippen LogP contribution >= 0.6 is 0 Å². The molecule has 0 radical (unpaired) electrons. The molecule has 194 valence electrons. The van der Waals surface area contributed by atoms with E-state index < -0.39 is 0 Å². The van der Waals surface area contributed by atoms with Crippen molar-refractivity contribution in [3.05, 3.63) is 47.8 Å². The van der Waals surface area contributed by atoms with Gasteiger partial charge in [0, 0.05) is 25.2 Å². The molecule has 2 heterocycles. The predicted octanol–water partition coefficient (Wildman–Crippen LogP) is 7.62. The Bertz CT molecular complexity index is 833. The number of pyridine rings is 2. The molecule has 35 heavy (non-hydrogen) atoms. The minimum atomic E-state index is 0.0656. The second-order valence-corrected chi connectivity index (χ2v) is 9.70. The van der Waals surface area contributed by atoms with Crippen LogP contribution in [0.5, 0.6) is 0 Å². The maximum absolute atomic E-state index is 11.6. The molecule has 6 heteroatoms. The molecule has 2 aromatic rings. The summed E-state index contributed by atoms with van der Waals surface area (Å²) in [6, 6.07) is 7.57. The molecule has 0 aliphatic heterocycles. The van der Waals surface area contributed by atoms with E-state index in [1.807, 2.05) is 38.1 Å². The average Bonchev–Trinajstić information content (AvgIpc) is 2.82. The zero-order valence-electron chi connectivity index (χ0n) is 22.5. The summed E-state index contributed by atoms with van der Waals surface area (Å²) in [5.41, 5.74) is 2.20. The maximum atomic E-state index is 11.6. The summed E-state index contributed by atoms with van der Waals surface area (Å²) < 4.78 is 0. The first-order valence-corrected chi connectivity index (χ1v) is 13.2. The van der Waals surface area contributed by atoms with Gasteiger partial charge < -0.3 is 10.6 Å². The number of aryl methyl sites for hydroxylation is 2. The van der Waals surface area contributed by atoms with Crippen molar-refractivity contribution in [3.63, 3.8) is 0 Å². The number of nitrogens with zero attached hydrogens (tertiary/aromatic N) is 2. The zero-order valence-corrected chi connectivity index (χ0v) is 22.5. The van der Waals surface area contributed by atoms with Crippen LogP contribution in [-0.2, 0) is 9.59 Å². The number of hydrogen-bond donors (Lipinski definition) is 2. The number of anilines is 2. The Morgan fingerprint density at radius 1 is 0.714 bits per heavy atom. The predicted molar refractivity (Wildman–Crippen MR) is 147 cm³/mol. The molecule has 2 aromatic heterocycles. The Morgan fingerprint density at radius 2 is 1.17 bits per heavy atom. The fourth-order valence-corrected chi connectivity index (χ4v) is 3.40. The van der Waals surface area contributed by atoms with Gasteiger partial charge in [0.1, 0.15) is 11.6 Å². The van der Waals surface area contributed by atoms with Crippen molar-refractivity contribution in [2.24, 2.45) is 5.92 Å². The molecule has 0 saturated carbocycles. The lowest BCUT2D eigenvalue weighted by Crippen LogP contribution is -2.12. The largest absolute Gasteiger partial charge is 0.311 e. The van der Waals surface area contributed by atoms with Gasteiger partial charge in [-0.15, -0.1) is 0 Å².